The van der Waals surface area contributed by atoms with Crippen LogP contribution in [0.3, 0.4) is 0 Å². The van der Waals surface area contributed by atoms with Crippen molar-refractivity contribution in [3.8, 4) is 0 Å². The number of nitrogens with zero attached hydrogens (tertiary/aromatic N) is 1. The second-order valence-electron chi connectivity index (χ2n) is 3.24. The highest BCUT2D eigenvalue weighted by Gasteiger charge is 2.15. The third-order valence-electron chi connectivity index (χ3n) is 1.72. The van der Waals surface area contributed by atoms with Crippen LogP contribution >= 0.6 is 0 Å². The van der Waals surface area contributed by atoms with Gasteiger partial charge in [-0.2, -0.15) is 0 Å². The molecular weight excluding hydrogens is 152 g/mol. The van der Waals surface area contributed by atoms with Gasteiger partial charge >= 0.3 is 0 Å². The lowest BCUT2D eigenvalue weighted by molar-refractivity contribution is 0.0786. The third-order valence-corrected chi connectivity index (χ3v) is 1.72. The molecule has 0 saturated heterocycles. The number of hydrogen-bond acceptors (Lipinski definition) is 3. The fraction of sp³-hybridized carbons (Fsp3) is 0.444. The summed E-state index contributed by atoms with van der Waals surface area (Å²) in [5.74, 6) is 0.773. The molecule has 1 aromatic rings. The molecule has 0 aliphatic heterocycles. The van der Waals surface area contributed by atoms with Gasteiger partial charge < -0.3 is 10.4 Å². The number of rotatable bonds is 2. The molecule has 1 heterocycles. The summed E-state index contributed by atoms with van der Waals surface area (Å²) in [6.45, 7) is 3.50. The molecule has 2 N–H and O–H groups in total. The molecule has 0 aromatic carbocycles. The Bertz CT molecular complexity index is 265. The minimum atomic E-state index is -0.797. The van der Waals surface area contributed by atoms with Crippen LogP contribution in [0.25, 0.3) is 0 Å². The molecule has 1 aromatic heterocycles. The number of pyridine rings is 1. The van der Waals surface area contributed by atoms with Crippen molar-refractivity contribution in [1.82, 2.24) is 4.98 Å². The Morgan fingerprint density at radius 3 is 2.67 bits per heavy atom. The zero-order valence-corrected chi connectivity index (χ0v) is 7.63. The van der Waals surface area contributed by atoms with Gasteiger partial charge in [0, 0.05) is 13.2 Å². The summed E-state index contributed by atoms with van der Waals surface area (Å²) in [6, 6.07) is 3.64. The second-order valence-corrected chi connectivity index (χ2v) is 3.24. The molecule has 0 aliphatic rings. The van der Waals surface area contributed by atoms with Gasteiger partial charge in [-0.05, 0) is 31.5 Å². The van der Waals surface area contributed by atoms with Crippen LogP contribution in [0.1, 0.15) is 19.4 Å². The van der Waals surface area contributed by atoms with Crippen LogP contribution in [-0.4, -0.2) is 17.1 Å². The third kappa shape index (κ3) is 1.95. The predicted octanol–water partition coefficient (Wildman–Crippen LogP) is 1.35. The predicted molar refractivity (Wildman–Crippen MR) is 49.0 cm³/mol. The molecule has 12 heavy (non-hydrogen) atoms. The van der Waals surface area contributed by atoms with Gasteiger partial charge in [0.2, 0.25) is 0 Å². The smallest absolute Gasteiger partial charge is 0.125 e. The fourth-order valence-electron chi connectivity index (χ4n) is 0.948. The Labute approximate surface area is 72.5 Å². The Balaban J connectivity index is 3.02. The van der Waals surface area contributed by atoms with E-state index in [2.05, 4.69) is 10.3 Å². The standard InChI is InChI=1S/C9H14N2O/c1-9(2,12)7-4-5-11-8(6-7)10-3/h4-6,12H,1-3H3,(H,10,11). The first kappa shape index (κ1) is 9.00. The maximum atomic E-state index is 9.65. The molecule has 66 valence electrons. The molecule has 0 spiro atoms. The van der Waals surface area contributed by atoms with E-state index in [0.29, 0.717) is 0 Å². The summed E-state index contributed by atoms with van der Waals surface area (Å²) >= 11 is 0. The quantitative estimate of drug-likeness (QED) is 0.697. The summed E-state index contributed by atoms with van der Waals surface area (Å²) in [5.41, 5.74) is 0.0657. The maximum absolute atomic E-state index is 9.65. The van der Waals surface area contributed by atoms with Crippen LogP contribution in [0.4, 0.5) is 5.82 Å². The van der Waals surface area contributed by atoms with Crippen molar-refractivity contribution in [2.75, 3.05) is 12.4 Å². The normalized spacial score (nSPS) is 11.3. The van der Waals surface area contributed by atoms with Gasteiger partial charge in [0.25, 0.3) is 0 Å². The van der Waals surface area contributed by atoms with Crippen molar-refractivity contribution >= 4 is 5.82 Å². The van der Waals surface area contributed by atoms with E-state index in [0.717, 1.165) is 11.4 Å². The first-order chi connectivity index (χ1) is 5.54. The van der Waals surface area contributed by atoms with Crippen molar-refractivity contribution < 1.29 is 5.11 Å². The fourth-order valence-corrected chi connectivity index (χ4v) is 0.948. The van der Waals surface area contributed by atoms with Crippen LogP contribution in [0.15, 0.2) is 18.3 Å². The monoisotopic (exact) mass is 166 g/mol. The summed E-state index contributed by atoms with van der Waals surface area (Å²) in [7, 11) is 1.80. The molecule has 0 fully saturated rings. The first-order valence-electron chi connectivity index (χ1n) is 3.90. The van der Waals surface area contributed by atoms with E-state index in [1.165, 1.54) is 0 Å². The molecule has 0 radical (unpaired) electrons. The zero-order valence-electron chi connectivity index (χ0n) is 7.63. The Morgan fingerprint density at radius 1 is 1.50 bits per heavy atom. The largest absolute Gasteiger partial charge is 0.386 e. The van der Waals surface area contributed by atoms with E-state index < -0.39 is 5.60 Å². The molecule has 0 saturated carbocycles. The molecule has 1 rings (SSSR count). The van der Waals surface area contributed by atoms with Crippen molar-refractivity contribution in [2.45, 2.75) is 19.4 Å². The molecule has 3 heteroatoms. The lowest BCUT2D eigenvalue weighted by Crippen LogP contribution is -2.15. The number of anilines is 1. The molecule has 3 nitrogen and oxygen atoms in total. The lowest BCUT2D eigenvalue weighted by atomic mass is 10.00. The van der Waals surface area contributed by atoms with Crippen LogP contribution in [0.2, 0.25) is 0 Å². The highest BCUT2D eigenvalue weighted by molar-refractivity contribution is 5.38. The van der Waals surface area contributed by atoms with E-state index in [1.807, 2.05) is 6.07 Å². The van der Waals surface area contributed by atoms with Crippen molar-refractivity contribution in [3.05, 3.63) is 23.9 Å². The van der Waals surface area contributed by atoms with E-state index in [-0.39, 0.29) is 0 Å². The average Bonchev–Trinajstić information content (AvgIpc) is 2.03. The van der Waals surface area contributed by atoms with Gasteiger partial charge in [-0.25, -0.2) is 4.98 Å². The van der Waals surface area contributed by atoms with Crippen LogP contribution in [0.5, 0.6) is 0 Å². The topological polar surface area (TPSA) is 45.1 Å². The molecule has 0 bridgehead atoms. The van der Waals surface area contributed by atoms with Crippen molar-refractivity contribution in [3.63, 3.8) is 0 Å². The minimum Gasteiger partial charge on any atom is -0.386 e. The zero-order chi connectivity index (χ0) is 9.19. The Kier molecular flexibility index (Phi) is 2.33. The van der Waals surface area contributed by atoms with Crippen molar-refractivity contribution in [2.24, 2.45) is 0 Å². The summed E-state index contributed by atoms with van der Waals surface area (Å²) < 4.78 is 0. The maximum Gasteiger partial charge on any atom is 0.125 e. The Morgan fingerprint density at radius 2 is 2.17 bits per heavy atom. The minimum absolute atomic E-state index is 0.773. The number of nitrogens with one attached hydrogen (secondary N) is 1. The highest BCUT2D eigenvalue weighted by Crippen LogP contribution is 2.20. The van der Waals surface area contributed by atoms with E-state index in [9.17, 15) is 5.11 Å². The Hall–Kier alpha value is -1.09. The van der Waals surface area contributed by atoms with Crippen LogP contribution in [0, 0.1) is 0 Å². The van der Waals surface area contributed by atoms with Gasteiger partial charge in [-0.15, -0.1) is 0 Å². The summed E-state index contributed by atoms with van der Waals surface area (Å²) in [4.78, 5) is 4.05. The second kappa shape index (κ2) is 3.11. The summed E-state index contributed by atoms with van der Waals surface area (Å²) in [5, 5.41) is 12.6. The van der Waals surface area contributed by atoms with Gasteiger partial charge in [-0.1, -0.05) is 0 Å². The molecule has 0 amide bonds. The number of hydrogen-bond donors (Lipinski definition) is 2. The highest BCUT2D eigenvalue weighted by atomic mass is 16.3. The van der Waals surface area contributed by atoms with Crippen LogP contribution in [-0.2, 0) is 5.60 Å². The van der Waals surface area contributed by atoms with E-state index >= 15 is 0 Å². The lowest BCUT2D eigenvalue weighted by Gasteiger charge is -2.17. The molecule has 0 atom stereocenters. The van der Waals surface area contributed by atoms with E-state index in [4.69, 9.17) is 0 Å². The first-order valence-corrected chi connectivity index (χ1v) is 3.90. The van der Waals surface area contributed by atoms with Gasteiger partial charge in [0.05, 0.1) is 5.60 Å². The van der Waals surface area contributed by atoms with Crippen LogP contribution < -0.4 is 5.32 Å². The SMILES string of the molecule is CNc1cc(C(C)(C)O)ccn1. The molecular formula is C9H14N2O. The molecule has 0 unspecified atom stereocenters. The number of aromatic nitrogens is 1. The summed E-state index contributed by atoms with van der Waals surface area (Å²) in [6.07, 6.45) is 1.68. The molecule has 0 aliphatic carbocycles. The number of aliphatic hydroxyl groups is 1. The average molecular weight is 166 g/mol. The van der Waals surface area contributed by atoms with Gasteiger partial charge in [0.15, 0.2) is 0 Å². The van der Waals surface area contributed by atoms with E-state index in [1.54, 1.807) is 33.2 Å². The van der Waals surface area contributed by atoms with Crippen molar-refractivity contribution in [1.29, 1.82) is 0 Å². The van der Waals surface area contributed by atoms with Gasteiger partial charge in [-0.3, -0.25) is 0 Å². The van der Waals surface area contributed by atoms with Gasteiger partial charge in [0.1, 0.15) is 5.82 Å².